The number of carbonyl (C=O) groups excluding carboxylic acids is 2. The Kier molecular flexibility index (Phi) is 7.33. The average molecular weight is 378 g/mol. The quantitative estimate of drug-likeness (QED) is 0.824. The van der Waals surface area contributed by atoms with Gasteiger partial charge < -0.3 is 14.9 Å². The molecule has 1 N–H and O–H groups in total. The lowest BCUT2D eigenvalue weighted by molar-refractivity contribution is -0.145. The van der Waals surface area contributed by atoms with E-state index >= 15 is 0 Å². The van der Waals surface area contributed by atoms with Gasteiger partial charge in [-0.15, -0.1) is 0 Å². The van der Waals surface area contributed by atoms with Crippen molar-refractivity contribution in [1.29, 1.82) is 0 Å². The third-order valence-electron chi connectivity index (χ3n) is 5.07. The highest BCUT2D eigenvalue weighted by atomic mass is 19.1. The van der Waals surface area contributed by atoms with Crippen LogP contribution in [0.1, 0.15) is 38.7 Å². The number of hydrogen-bond acceptors (Lipinski definition) is 3. The molecule has 1 aromatic rings. The standard InChI is InChI=1S/C20H27FN2O4/c1-14(12-16-6-3-4-8-18(16)21)20(27)22-10-5-7-17(9-11-22)23(15(2)24)13-19(25)26/h3-4,6,8,14,17H,5,7,9-13H2,1-2H3,(H,25,26)/t14-,17+/m1/s1. The molecule has 27 heavy (non-hydrogen) atoms. The largest absolute Gasteiger partial charge is 0.480 e. The summed E-state index contributed by atoms with van der Waals surface area (Å²) in [6, 6.07) is 6.28. The zero-order valence-electron chi connectivity index (χ0n) is 15.9. The van der Waals surface area contributed by atoms with Crippen LogP contribution in [0.25, 0.3) is 0 Å². The summed E-state index contributed by atoms with van der Waals surface area (Å²) in [7, 11) is 0. The minimum Gasteiger partial charge on any atom is -0.480 e. The second-order valence-corrected chi connectivity index (χ2v) is 7.15. The fraction of sp³-hybridized carbons (Fsp3) is 0.550. The maximum absolute atomic E-state index is 13.8. The molecule has 1 heterocycles. The number of hydrogen-bond donors (Lipinski definition) is 1. The zero-order chi connectivity index (χ0) is 20.0. The van der Waals surface area contributed by atoms with Gasteiger partial charge in [-0.3, -0.25) is 14.4 Å². The molecule has 2 amide bonds. The maximum atomic E-state index is 13.8. The lowest BCUT2D eigenvalue weighted by Crippen LogP contribution is -2.43. The van der Waals surface area contributed by atoms with E-state index in [0.717, 1.165) is 0 Å². The summed E-state index contributed by atoms with van der Waals surface area (Å²) in [4.78, 5) is 38.7. The number of rotatable bonds is 6. The Balaban J connectivity index is 1.98. The first-order chi connectivity index (χ1) is 12.8. The van der Waals surface area contributed by atoms with Crippen LogP contribution in [0.15, 0.2) is 24.3 Å². The number of halogens is 1. The van der Waals surface area contributed by atoms with Crippen molar-refractivity contribution in [3.8, 4) is 0 Å². The molecule has 1 fully saturated rings. The molecule has 2 rings (SSSR count). The summed E-state index contributed by atoms with van der Waals surface area (Å²) >= 11 is 0. The molecule has 0 aromatic heterocycles. The van der Waals surface area contributed by atoms with E-state index in [1.54, 1.807) is 30.0 Å². The van der Waals surface area contributed by atoms with E-state index in [9.17, 15) is 18.8 Å². The fourth-order valence-electron chi connectivity index (χ4n) is 3.65. The summed E-state index contributed by atoms with van der Waals surface area (Å²) in [6.45, 7) is 3.87. The monoisotopic (exact) mass is 378 g/mol. The van der Waals surface area contributed by atoms with Crippen molar-refractivity contribution in [2.45, 2.75) is 45.6 Å². The zero-order valence-corrected chi connectivity index (χ0v) is 15.9. The van der Waals surface area contributed by atoms with Crippen LogP contribution in [0, 0.1) is 11.7 Å². The predicted octanol–water partition coefficient (Wildman–Crippen LogP) is 2.32. The van der Waals surface area contributed by atoms with Gasteiger partial charge in [-0.2, -0.15) is 0 Å². The molecule has 148 valence electrons. The molecule has 6 nitrogen and oxygen atoms in total. The van der Waals surface area contributed by atoms with Crippen LogP contribution >= 0.6 is 0 Å². The molecule has 1 saturated heterocycles. The number of nitrogens with zero attached hydrogens (tertiary/aromatic N) is 2. The lowest BCUT2D eigenvalue weighted by atomic mass is 9.99. The van der Waals surface area contributed by atoms with Crippen LogP contribution in [-0.2, 0) is 20.8 Å². The van der Waals surface area contributed by atoms with E-state index in [0.29, 0.717) is 44.3 Å². The van der Waals surface area contributed by atoms with Gasteiger partial charge in [0.15, 0.2) is 0 Å². The molecule has 0 unspecified atom stereocenters. The smallest absolute Gasteiger partial charge is 0.323 e. The summed E-state index contributed by atoms with van der Waals surface area (Å²) in [5, 5.41) is 9.02. The van der Waals surface area contributed by atoms with E-state index in [1.165, 1.54) is 17.9 Å². The first kappa shape index (κ1) is 20.9. The average Bonchev–Trinajstić information content (AvgIpc) is 2.86. The van der Waals surface area contributed by atoms with E-state index < -0.39 is 5.97 Å². The van der Waals surface area contributed by atoms with Crippen molar-refractivity contribution in [2.75, 3.05) is 19.6 Å². The highest BCUT2D eigenvalue weighted by Gasteiger charge is 2.29. The first-order valence-corrected chi connectivity index (χ1v) is 9.30. The van der Waals surface area contributed by atoms with Crippen LogP contribution in [0.2, 0.25) is 0 Å². The van der Waals surface area contributed by atoms with Gasteiger partial charge in [0.1, 0.15) is 12.4 Å². The number of carbonyl (C=O) groups is 3. The number of benzene rings is 1. The van der Waals surface area contributed by atoms with E-state index in [2.05, 4.69) is 0 Å². The molecule has 1 aliphatic heterocycles. The molecule has 1 aromatic carbocycles. The Morgan fingerprint density at radius 3 is 2.59 bits per heavy atom. The molecular weight excluding hydrogens is 351 g/mol. The third-order valence-corrected chi connectivity index (χ3v) is 5.07. The molecule has 0 saturated carbocycles. The van der Waals surface area contributed by atoms with Crippen molar-refractivity contribution in [1.82, 2.24) is 9.80 Å². The molecule has 0 spiro atoms. The SMILES string of the molecule is CC(=O)N(CC(=O)O)[C@H]1CCCN(C(=O)[C@H](C)Cc2ccccc2F)CC1. The van der Waals surface area contributed by atoms with Gasteiger partial charge in [0.05, 0.1) is 0 Å². The van der Waals surface area contributed by atoms with Gasteiger partial charge >= 0.3 is 5.97 Å². The first-order valence-electron chi connectivity index (χ1n) is 9.30. The van der Waals surface area contributed by atoms with Crippen LogP contribution in [0.3, 0.4) is 0 Å². The Morgan fingerprint density at radius 2 is 1.96 bits per heavy atom. The van der Waals surface area contributed by atoms with Crippen molar-refractivity contribution < 1.29 is 23.9 Å². The van der Waals surface area contributed by atoms with E-state index in [4.69, 9.17) is 5.11 Å². The summed E-state index contributed by atoms with van der Waals surface area (Å²) in [5.74, 6) is -2.00. The van der Waals surface area contributed by atoms with Gasteiger partial charge in [-0.25, -0.2) is 4.39 Å². The predicted molar refractivity (Wildman–Crippen MR) is 98.5 cm³/mol. The highest BCUT2D eigenvalue weighted by molar-refractivity contribution is 5.80. The summed E-state index contributed by atoms with van der Waals surface area (Å²) in [6.07, 6.45) is 2.25. The minimum absolute atomic E-state index is 0.0356. The van der Waals surface area contributed by atoms with Crippen molar-refractivity contribution in [2.24, 2.45) is 5.92 Å². The number of carboxylic acid groups (broad SMARTS) is 1. The third kappa shape index (κ3) is 5.77. The second kappa shape index (κ2) is 9.48. The molecular formula is C20H27FN2O4. The van der Waals surface area contributed by atoms with Gasteiger partial charge in [-0.05, 0) is 37.3 Å². The Hall–Kier alpha value is -2.44. The number of likely N-dealkylation sites (tertiary alicyclic amines) is 1. The van der Waals surface area contributed by atoms with Crippen molar-refractivity contribution in [3.63, 3.8) is 0 Å². The minimum atomic E-state index is -1.04. The molecule has 1 aliphatic rings. The number of carboxylic acids is 1. The van der Waals surface area contributed by atoms with Crippen molar-refractivity contribution in [3.05, 3.63) is 35.6 Å². The number of amides is 2. The summed E-state index contributed by atoms with van der Waals surface area (Å²) in [5.41, 5.74) is 0.523. The summed E-state index contributed by atoms with van der Waals surface area (Å²) < 4.78 is 13.8. The normalized spacial score (nSPS) is 18.5. The van der Waals surface area contributed by atoms with Gasteiger partial charge in [-0.1, -0.05) is 25.1 Å². The molecule has 2 atom stereocenters. The fourth-order valence-corrected chi connectivity index (χ4v) is 3.65. The Labute approximate surface area is 158 Å². The van der Waals surface area contributed by atoms with Gasteiger partial charge in [0.2, 0.25) is 11.8 Å². The maximum Gasteiger partial charge on any atom is 0.323 e. The molecule has 0 aliphatic carbocycles. The van der Waals surface area contributed by atoms with Gasteiger partial charge in [0.25, 0.3) is 0 Å². The molecule has 7 heteroatoms. The van der Waals surface area contributed by atoms with E-state index in [1.807, 2.05) is 0 Å². The van der Waals surface area contributed by atoms with Crippen molar-refractivity contribution >= 4 is 17.8 Å². The van der Waals surface area contributed by atoms with Crippen LogP contribution < -0.4 is 0 Å². The van der Waals surface area contributed by atoms with Crippen LogP contribution in [-0.4, -0.2) is 58.4 Å². The number of aliphatic carboxylic acids is 1. The highest BCUT2D eigenvalue weighted by Crippen LogP contribution is 2.20. The van der Waals surface area contributed by atoms with Crippen LogP contribution in [0.5, 0.6) is 0 Å². The topological polar surface area (TPSA) is 77.9 Å². The lowest BCUT2D eigenvalue weighted by Gasteiger charge is -2.29. The Bertz CT molecular complexity index is 694. The molecule has 0 bridgehead atoms. The van der Waals surface area contributed by atoms with Gasteiger partial charge in [0, 0.05) is 32.0 Å². The second-order valence-electron chi connectivity index (χ2n) is 7.15. The van der Waals surface area contributed by atoms with Crippen LogP contribution in [0.4, 0.5) is 4.39 Å². The Morgan fingerprint density at radius 1 is 1.26 bits per heavy atom. The molecule has 0 radical (unpaired) electrons. The van der Waals surface area contributed by atoms with E-state index in [-0.39, 0.29) is 36.1 Å².